The van der Waals surface area contributed by atoms with Gasteiger partial charge in [-0.2, -0.15) is 4.98 Å². The number of benzene rings is 1. The molecule has 1 fully saturated rings. The molecule has 32 heavy (non-hydrogen) atoms. The van der Waals surface area contributed by atoms with Gasteiger partial charge < -0.3 is 14.8 Å². The van der Waals surface area contributed by atoms with E-state index in [9.17, 15) is 14.4 Å². The minimum atomic E-state index is -0.287. The number of hydrogen-bond donors (Lipinski definition) is 1. The maximum atomic E-state index is 12.4. The molecule has 168 valence electrons. The van der Waals surface area contributed by atoms with Crippen LogP contribution >= 0.6 is 0 Å². The van der Waals surface area contributed by atoms with Gasteiger partial charge in [0, 0.05) is 19.0 Å². The van der Waals surface area contributed by atoms with Gasteiger partial charge in [-0.3, -0.25) is 24.3 Å². The molecule has 1 aromatic heterocycles. The van der Waals surface area contributed by atoms with Crippen molar-refractivity contribution in [3.63, 3.8) is 0 Å². The summed E-state index contributed by atoms with van der Waals surface area (Å²) in [7, 11) is 1.53. The van der Waals surface area contributed by atoms with Gasteiger partial charge in [-0.15, -0.1) is 0 Å². The van der Waals surface area contributed by atoms with Crippen LogP contribution in [0.2, 0.25) is 0 Å². The number of imide groups is 1. The number of aromatic nitrogens is 2. The minimum absolute atomic E-state index is 0.0263. The highest BCUT2D eigenvalue weighted by molar-refractivity contribution is 6.21. The van der Waals surface area contributed by atoms with Crippen LogP contribution in [0.1, 0.15) is 59.2 Å². The van der Waals surface area contributed by atoms with E-state index in [4.69, 9.17) is 9.47 Å². The molecule has 0 spiro atoms. The standard InChI is InChI=1S/C23H26N4O5/c1-31-20-13-24-14-21(26-20)32-16-10-8-15(9-11-16)25-19(28)7-4-12-27-22(29)17-5-2-3-6-18(17)23(27)30/h2-3,5-6,13-16H,4,7-12H2,1H3,(H,25,28). The van der Waals surface area contributed by atoms with Crippen LogP contribution in [-0.2, 0) is 4.79 Å². The first-order valence-corrected chi connectivity index (χ1v) is 10.8. The van der Waals surface area contributed by atoms with Gasteiger partial charge in [-0.1, -0.05) is 12.1 Å². The lowest BCUT2D eigenvalue weighted by Crippen LogP contribution is -2.40. The first kappa shape index (κ1) is 21.7. The third-order valence-electron chi connectivity index (χ3n) is 5.79. The van der Waals surface area contributed by atoms with E-state index in [0.717, 1.165) is 25.7 Å². The summed E-state index contributed by atoms with van der Waals surface area (Å²) in [5.74, 6) is 0.203. The summed E-state index contributed by atoms with van der Waals surface area (Å²) in [6.07, 6.45) is 7.04. The van der Waals surface area contributed by atoms with Gasteiger partial charge in [0.15, 0.2) is 0 Å². The van der Waals surface area contributed by atoms with E-state index in [-0.39, 0.29) is 42.8 Å². The lowest BCUT2D eigenvalue weighted by atomic mass is 9.93. The number of methoxy groups -OCH3 is 1. The first-order chi connectivity index (χ1) is 15.5. The fourth-order valence-electron chi connectivity index (χ4n) is 4.12. The molecule has 1 aliphatic heterocycles. The van der Waals surface area contributed by atoms with Crippen molar-refractivity contribution in [2.45, 2.75) is 50.7 Å². The summed E-state index contributed by atoms with van der Waals surface area (Å²) in [5, 5.41) is 3.06. The number of carbonyl (C=O) groups excluding carboxylic acids is 3. The van der Waals surface area contributed by atoms with Crippen molar-refractivity contribution in [2.24, 2.45) is 0 Å². The molecule has 9 nitrogen and oxygen atoms in total. The Bertz CT molecular complexity index is 968. The smallest absolute Gasteiger partial charge is 0.261 e. The normalized spacial score (nSPS) is 20.1. The van der Waals surface area contributed by atoms with Gasteiger partial charge in [0.05, 0.1) is 30.6 Å². The Morgan fingerprint density at radius 3 is 2.38 bits per heavy atom. The lowest BCUT2D eigenvalue weighted by Gasteiger charge is -2.29. The zero-order chi connectivity index (χ0) is 22.5. The number of nitrogens with one attached hydrogen (secondary N) is 1. The molecular weight excluding hydrogens is 412 g/mol. The average Bonchev–Trinajstić information content (AvgIpc) is 3.05. The highest BCUT2D eigenvalue weighted by Gasteiger charge is 2.34. The van der Waals surface area contributed by atoms with Crippen molar-refractivity contribution in [1.82, 2.24) is 20.2 Å². The average molecular weight is 438 g/mol. The number of nitrogens with zero attached hydrogens (tertiary/aromatic N) is 3. The summed E-state index contributed by atoms with van der Waals surface area (Å²) in [6.45, 7) is 0.238. The SMILES string of the molecule is COc1cncc(OC2CCC(NC(=O)CCCN3C(=O)c4ccccc4C3=O)CC2)n1. The van der Waals surface area contributed by atoms with E-state index in [1.165, 1.54) is 18.2 Å². The quantitative estimate of drug-likeness (QED) is 0.630. The van der Waals surface area contributed by atoms with Gasteiger partial charge in [0.1, 0.15) is 6.10 Å². The summed E-state index contributed by atoms with van der Waals surface area (Å²) >= 11 is 0. The molecule has 0 radical (unpaired) electrons. The largest absolute Gasteiger partial charge is 0.480 e. The van der Waals surface area contributed by atoms with Gasteiger partial charge in [-0.25, -0.2) is 0 Å². The maximum absolute atomic E-state index is 12.4. The predicted octanol–water partition coefficient (Wildman–Crippen LogP) is 2.37. The van der Waals surface area contributed by atoms with Gasteiger partial charge in [-0.05, 0) is 44.2 Å². The van der Waals surface area contributed by atoms with Crippen LogP contribution in [0.5, 0.6) is 11.8 Å². The summed E-state index contributed by atoms with van der Waals surface area (Å²) < 4.78 is 10.9. The second kappa shape index (κ2) is 9.76. The fraction of sp³-hybridized carbons (Fsp3) is 0.435. The first-order valence-electron chi connectivity index (χ1n) is 10.8. The second-order valence-electron chi connectivity index (χ2n) is 7.97. The summed E-state index contributed by atoms with van der Waals surface area (Å²) in [4.78, 5) is 46.6. The van der Waals surface area contributed by atoms with Crippen LogP contribution < -0.4 is 14.8 Å². The number of ether oxygens (including phenoxy) is 2. The van der Waals surface area contributed by atoms with Crippen LogP contribution in [-0.4, -0.2) is 58.4 Å². The molecule has 0 bridgehead atoms. The summed E-state index contributed by atoms with van der Waals surface area (Å²) in [6, 6.07) is 6.89. The van der Waals surface area contributed by atoms with E-state index < -0.39 is 0 Å². The van der Waals surface area contributed by atoms with Crippen LogP contribution in [0, 0.1) is 0 Å². The molecule has 0 atom stereocenters. The minimum Gasteiger partial charge on any atom is -0.480 e. The van der Waals surface area contributed by atoms with Crippen molar-refractivity contribution < 1.29 is 23.9 Å². The molecule has 2 heterocycles. The van der Waals surface area contributed by atoms with Crippen molar-refractivity contribution in [3.05, 3.63) is 47.8 Å². The van der Waals surface area contributed by atoms with E-state index >= 15 is 0 Å². The Labute approximate surface area is 186 Å². The van der Waals surface area contributed by atoms with Crippen LogP contribution in [0.3, 0.4) is 0 Å². The Morgan fingerprint density at radius 1 is 1.06 bits per heavy atom. The molecule has 1 N–H and O–H groups in total. The molecule has 2 aliphatic rings. The number of amides is 3. The molecule has 1 saturated carbocycles. The van der Waals surface area contributed by atoms with E-state index in [0.29, 0.717) is 29.3 Å². The predicted molar refractivity (Wildman–Crippen MR) is 114 cm³/mol. The summed E-state index contributed by atoms with van der Waals surface area (Å²) in [5.41, 5.74) is 0.863. The van der Waals surface area contributed by atoms with Crippen molar-refractivity contribution in [3.8, 4) is 11.8 Å². The van der Waals surface area contributed by atoms with E-state index in [1.807, 2.05) is 0 Å². The highest BCUT2D eigenvalue weighted by Crippen LogP contribution is 2.24. The third kappa shape index (κ3) is 4.87. The van der Waals surface area contributed by atoms with Crippen LogP contribution in [0.15, 0.2) is 36.7 Å². The highest BCUT2D eigenvalue weighted by atomic mass is 16.5. The molecule has 3 amide bonds. The van der Waals surface area contributed by atoms with Crippen molar-refractivity contribution >= 4 is 17.7 Å². The number of fused-ring (bicyclic) bond motifs is 1. The monoisotopic (exact) mass is 438 g/mol. The van der Waals surface area contributed by atoms with E-state index in [1.54, 1.807) is 30.5 Å². The Balaban J connectivity index is 1.17. The zero-order valence-corrected chi connectivity index (χ0v) is 18.0. The number of carbonyl (C=O) groups is 3. The van der Waals surface area contributed by atoms with Crippen LogP contribution in [0.4, 0.5) is 0 Å². The van der Waals surface area contributed by atoms with Crippen molar-refractivity contribution in [2.75, 3.05) is 13.7 Å². The lowest BCUT2D eigenvalue weighted by molar-refractivity contribution is -0.122. The van der Waals surface area contributed by atoms with E-state index in [2.05, 4.69) is 15.3 Å². The van der Waals surface area contributed by atoms with Crippen LogP contribution in [0.25, 0.3) is 0 Å². The zero-order valence-electron chi connectivity index (χ0n) is 18.0. The number of hydrogen-bond acceptors (Lipinski definition) is 7. The maximum Gasteiger partial charge on any atom is 0.261 e. The molecule has 0 unspecified atom stereocenters. The molecular formula is C23H26N4O5. The topological polar surface area (TPSA) is 111 Å². The number of rotatable bonds is 8. The Hall–Kier alpha value is -3.49. The van der Waals surface area contributed by atoms with Gasteiger partial charge in [0.2, 0.25) is 17.7 Å². The van der Waals surface area contributed by atoms with Gasteiger partial charge >= 0.3 is 0 Å². The molecule has 2 aromatic rings. The van der Waals surface area contributed by atoms with Gasteiger partial charge in [0.25, 0.3) is 11.8 Å². The van der Waals surface area contributed by atoms with Crippen molar-refractivity contribution in [1.29, 1.82) is 0 Å². The fourth-order valence-corrected chi connectivity index (χ4v) is 4.12. The Kier molecular flexibility index (Phi) is 6.63. The molecule has 1 aromatic carbocycles. The Morgan fingerprint density at radius 2 is 1.72 bits per heavy atom. The second-order valence-corrected chi connectivity index (χ2v) is 7.97. The molecule has 1 aliphatic carbocycles. The third-order valence-corrected chi connectivity index (χ3v) is 5.79. The molecule has 4 rings (SSSR count). The molecule has 9 heteroatoms. The molecule has 0 saturated heterocycles.